The highest BCUT2D eigenvalue weighted by Gasteiger charge is 2.64. The molecule has 1 amide bonds. The van der Waals surface area contributed by atoms with Crippen molar-refractivity contribution in [1.82, 2.24) is 10.3 Å². The van der Waals surface area contributed by atoms with Gasteiger partial charge in [-0.3, -0.25) is 4.79 Å². The molecule has 7 nitrogen and oxygen atoms in total. The number of benzene rings is 1. The van der Waals surface area contributed by atoms with Gasteiger partial charge < -0.3 is 19.7 Å². The number of pyridine rings is 1. The molecule has 1 saturated heterocycles. The standard InChI is InChI=1S/C28H34N4O3/c1-18-14-22(8-6-20(18)15-29)35-26-27(2,3)25(28(26,4)5)31-24(34)21-7-9-23(30-16-21)32-12-10-19(17-33)11-13-32/h6-9,14,16-17,19,25-26H,10-13H2,1-5H3,(H,31,34). The fourth-order valence-electron chi connectivity index (χ4n) is 5.96. The minimum absolute atomic E-state index is 0.0889. The fraction of sp³-hybridized carbons (Fsp3) is 0.500. The Balaban J connectivity index is 1.41. The molecule has 1 N–H and O–H groups in total. The second kappa shape index (κ2) is 9.33. The molecule has 0 bridgehead atoms. The number of carbonyl (C=O) groups excluding carboxylic acids is 2. The molecular weight excluding hydrogens is 440 g/mol. The third-order valence-electron chi connectivity index (χ3n) is 7.75. The van der Waals surface area contributed by atoms with Gasteiger partial charge in [-0.05, 0) is 55.7 Å². The first kappa shape index (κ1) is 24.7. The maximum atomic E-state index is 13.1. The topological polar surface area (TPSA) is 95.3 Å². The number of piperidine rings is 1. The van der Waals surface area contributed by atoms with Gasteiger partial charge in [0.05, 0.1) is 17.2 Å². The first-order valence-corrected chi connectivity index (χ1v) is 12.2. The number of hydrogen-bond acceptors (Lipinski definition) is 6. The number of ether oxygens (including phenoxy) is 1. The van der Waals surface area contributed by atoms with E-state index in [1.165, 1.54) is 0 Å². The zero-order chi connectivity index (χ0) is 25.4. The van der Waals surface area contributed by atoms with Gasteiger partial charge in [-0.1, -0.05) is 27.7 Å². The smallest absolute Gasteiger partial charge is 0.253 e. The second-order valence-corrected chi connectivity index (χ2v) is 11.0. The Labute approximate surface area is 207 Å². The van der Waals surface area contributed by atoms with Crippen molar-refractivity contribution in [1.29, 1.82) is 5.26 Å². The van der Waals surface area contributed by atoms with Gasteiger partial charge in [0.15, 0.2) is 0 Å². The molecule has 0 radical (unpaired) electrons. The lowest BCUT2D eigenvalue weighted by Crippen LogP contribution is -2.74. The Hall–Kier alpha value is -3.40. The highest BCUT2D eigenvalue weighted by Crippen LogP contribution is 2.55. The van der Waals surface area contributed by atoms with Crippen molar-refractivity contribution in [2.75, 3.05) is 18.0 Å². The van der Waals surface area contributed by atoms with E-state index in [9.17, 15) is 14.9 Å². The Morgan fingerprint density at radius 1 is 1.17 bits per heavy atom. The molecule has 184 valence electrons. The van der Waals surface area contributed by atoms with Crippen molar-refractivity contribution in [2.24, 2.45) is 16.7 Å². The SMILES string of the molecule is Cc1cc(OC2C(C)(C)C(NC(=O)c3ccc(N4CCC(C=O)CC4)nc3)C2(C)C)ccc1C#N. The molecule has 1 aliphatic heterocycles. The van der Waals surface area contributed by atoms with E-state index < -0.39 is 0 Å². The zero-order valence-electron chi connectivity index (χ0n) is 21.2. The van der Waals surface area contributed by atoms with E-state index in [4.69, 9.17) is 4.74 Å². The van der Waals surface area contributed by atoms with Crippen LogP contribution in [0.5, 0.6) is 5.75 Å². The first-order chi connectivity index (χ1) is 16.6. The van der Waals surface area contributed by atoms with Gasteiger partial charge >= 0.3 is 0 Å². The lowest BCUT2D eigenvalue weighted by Gasteiger charge is -2.63. The summed E-state index contributed by atoms with van der Waals surface area (Å²) in [5.74, 6) is 1.55. The summed E-state index contributed by atoms with van der Waals surface area (Å²) >= 11 is 0. The summed E-state index contributed by atoms with van der Waals surface area (Å²) in [5, 5.41) is 12.4. The normalized spacial score (nSPS) is 23.0. The van der Waals surface area contributed by atoms with Crippen LogP contribution in [0.4, 0.5) is 5.82 Å². The van der Waals surface area contributed by atoms with E-state index >= 15 is 0 Å². The summed E-state index contributed by atoms with van der Waals surface area (Å²) in [6.45, 7) is 11.9. The number of hydrogen-bond donors (Lipinski definition) is 1. The third kappa shape index (κ3) is 4.62. The Morgan fingerprint density at radius 3 is 2.40 bits per heavy atom. The number of nitrogens with one attached hydrogen (secondary N) is 1. The van der Waals surface area contributed by atoms with Gasteiger partial charge in [-0.2, -0.15) is 5.26 Å². The number of anilines is 1. The summed E-state index contributed by atoms with van der Waals surface area (Å²) < 4.78 is 6.38. The van der Waals surface area contributed by atoms with Crippen molar-refractivity contribution in [3.63, 3.8) is 0 Å². The van der Waals surface area contributed by atoms with Crippen LogP contribution in [0.25, 0.3) is 0 Å². The fourth-order valence-corrected chi connectivity index (χ4v) is 5.96. The quantitative estimate of drug-likeness (QED) is 0.628. The number of nitrogens with zero attached hydrogens (tertiary/aromatic N) is 3. The Kier molecular flexibility index (Phi) is 6.59. The van der Waals surface area contributed by atoms with Gasteiger partial charge in [0.1, 0.15) is 24.0 Å². The molecule has 1 aliphatic carbocycles. The molecule has 2 aliphatic rings. The van der Waals surface area contributed by atoms with Crippen LogP contribution in [0.15, 0.2) is 36.5 Å². The molecule has 0 spiro atoms. The van der Waals surface area contributed by atoms with Gasteiger partial charge in [-0.15, -0.1) is 0 Å². The molecule has 1 saturated carbocycles. The Bertz CT molecular complexity index is 1130. The van der Waals surface area contributed by atoms with E-state index in [1.807, 2.05) is 31.2 Å². The van der Waals surface area contributed by atoms with Crippen LogP contribution < -0.4 is 15.0 Å². The van der Waals surface area contributed by atoms with E-state index in [-0.39, 0.29) is 34.8 Å². The van der Waals surface area contributed by atoms with Gasteiger partial charge in [0.2, 0.25) is 0 Å². The third-order valence-corrected chi connectivity index (χ3v) is 7.75. The van der Waals surface area contributed by atoms with Crippen LogP contribution in [0.1, 0.15) is 62.0 Å². The monoisotopic (exact) mass is 474 g/mol. The summed E-state index contributed by atoms with van der Waals surface area (Å²) in [6, 6.07) is 11.3. The number of aldehydes is 1. The molecule has 0 unspecified atom stereocenters. The molecule has 2 heterocycles. The highest BCUT2D eigenvalue weighted by molar-refractivity contribution is 5.94. The first-order valence-electron chi connectivity index (χ1n) is 12.2. The van der Waals surface area contributed by atoms with Crippen LogP contribution in [-0.2, 0) is 4.79 Å². The van der Waals surface area contributed by atoms with Crippen LogP contribution in [-0.4, -0.2) is 42.4 Å². The molecule has 2 aromatic rings. The second-order valence-electron chi connectivity index (χ2n) is 11.0. The number of aryl methyl sites for hydroxylation is 1. The largest absolute Gasteiger partial charge is 0.489 e. The molecule has 4 rings (SSSR count). The van der Waals surface area contributed by atoms with Crippen molar-refractivity contribution < 1.29 is 14.3 Å². The highest BCUT2D eigenvalue weighted by atomic mass is 16.5. The number of rotatable bonds is 6. The molecule has 7 heteroatoms. The molecule has 35 heavy (non-hydrogen) atoms. The predicted molar refractivity (Wildman–Crippen MR) is 134 cm³/mol. The van der Waals surface area contributed by atoms with Crippen LogP contribution in [0, 0.1) is 35.0 Å². The molecular formula is C28H34N4O3. The van der Waals surface area contributed by atoms with Gasteiger partial charge in [-0.25, -0.2) is 4.98 Å². The average molecular weight is 475 g/mol. The Morgan fingerprint density at radius 2 is 1.86 bits per heavy atom. The zero-order valence-corrected chi connectivity index (χ0v) is 21.2. The minimum atomic E-state index is -0.294. The summed E-state index contributed by atoms with van der Waals surface area (Å²) in [5.41, 5.74) is 1.46. The van der Waals surface area contributed by atoms with Crippen LogP contribution in [0.2, 0.25) is 0 Å². The van der Waals surface area contributed by atoms with Crippen molar-refractivity contribution in [3.05, 3.63) is 53.2 Å². The average Bonchev–Trinajstić information content (AvgIpc) is 2.85. The lowest BCUT2D eigenvalue weighted by atomic mass is 9.49. The van der Waals surface area contributed by atoms with Crippen molar-refractivity contribution in [3.8, 4) is 11.8 Å². The number of amides is 1. The number of aromatic nitrogens is 1. The summed E-state index contributed by atoms with van der Waals surface area (Å²) in [6.07, 6.45) is 4.24. The predicted octanol–water partition coefficient (Wildman–Crippen LogP) is 4.29. The molecule has 2 fully saturated rings. The molecule has 1 aromatic carbocycles. The summed E-state index contributed by atoms with van der Waals surface area (Å²) in [7, 11) is 0. The van der Waals surface area contributed by atoms with Crippen molar-refractivity contribution in [2.45, 2.75) is 59.6 Å². The molecule has 0 atom stereocenters. The maximum Gasteiger partial charge on any atom is 0.253 e. The van der Waals surface area contributed by atoms with E-state index in [0.29, 0.717) is 11.1 Å². The number of carbonyl (C=O) groups is 2. The van der Waals surface area contributed by atoms with Crippen molar-refractivity contribution >= 4 is 18.0 Å². The van der Waals surface area contributed by atoms with E-state index in [1.54, 1.807) is 12.3 Å². The van der Waals surface area contributed by atoms with Crippen LogP contribution >= 0.6 is 0 Å². The minimum Gasteiger partial charge on any atom is -0.489 e. The van der Waals surface area contributed by atoms with Gasteiger partial charge in [0, 0.05) is 42.1 Å². The van der Waals surface area contributed by atoms with E-state index in [0.717, 1.165) is 49.3 Å². The van der Waals surface area contributed by atoms with Crippen LogP contribution in [0.3, 0.4) is 0 Å². The summed E-state index contributed by atoms with van der Waals surface area (Å²) in [4.78, 5) is 30.8. The maximum absolute atomic E-state index is 13.1. The number of nitriles is 1. The van der Waals surface area contributed by atoms with E-state index in [2.05, 4.69) is 49.0 Å². The van der Waals surface area contributed by atoms with Gasteiger partial charge in [0.25, 0.3) is 5.91 Å². The lowest BCUT2D eigenvalue weighted by molar-refractivity contribution is -0.164. The molecule has 1 aromatic heterocycles.